The topological polar surface area (TPSA) is 83.6 Å². The third-order valence-corrected chi connectivity index (χ3v) is 5.02. The largest absolute Gasteiger partial charge is 0.497 e. The minimum absolute atomic E-state index is 0.00174. The SMILES string of the molecule is COc1ccc(-c2nnc3n2C2=[N+](C)C(=O)N(C)C(=O)C2N3C(C)C)cc1. The van der Waals surface area contributed by atoms with Crippen molar-refractivity contribution in [2.45, 2.75) is 25.9 Å². The molecule has 27 heavy (non-hydrogen) atoms. The number of fused-ring (bicyclic) bond motifs is 3. The Labute approximate surface area is 156 Å². The second-order valence-electron chi connectivity index (χ2n) is 6.89. The molecule has 0 aliphatic carbocycles. The van der Waals surface area contributed by atoms with Crippen molar-refractivity contribution in [1.82, 2.24) is 19.7 Å². The van der Waals surface area contributed by atoms with Gasteiger partial charge >= 0.3 is 11.9 Å². The van der Waals surface area contributed by atoms with E-state index >= 15 is 0 Å². The highest BCUT2D eigenvalue weighted by atomic mass is 16.5. The Morgan fingerprint density at radius 2 is 1.81 bits per heavy atom. The van der Waals surface area contributed by atoms with E-state index in [9.17, 15) is 9.59 Å². The highest BCUT2D eigenvalue weighted by Gasteiger charge is 2.56. The number of ether oxygens (including phenoxy) is 1. The number of carbonyl (C=O) groups is 2. The van der Waals surface area contributed by atoms with Gasteiger partial charge in [0.05, 0.1) is 21.2 Å². The van der Waals surface area contributed by atoms with Gasteiger partial charge in [0.1, 0.15) is 5.75 Å². The number of hydrogen-bond donors (Lipinski definition) is 0. The molecule has 0 spiro atoms. The predicted octanol–water partition coefficient (Wildman–Crippen LogP) is 1.03. The van der Waals surface area contributed by atoms with Gasteiger partial charge in [0.2, 0.25) is 17.7 Å². The molecule has 3 amide bonds. The van der Waals surface area contributed by atoms with Crippen LogP contribution in [0.1, 0.15) is 13.8 Å². The zero-order chi connectivity index (χ0) is 19.5. The molecule has 140 valence electrons. The lowest BCUT2D eigenvalue weighted by Gasteiger charge is -2.29. The Hall–Kier alpha value is -3.23. The Morgan fingerprint density at radius 1 is 1.15 bits per heavy atom. The molecule has 3 heterocycles. The molecule has 9 nitrogen and oxygen atoms in total. The number of benzene rings is 1. The maximum atomic E-state index is 12.9. The first-order chi connectivity index (χ1) is 12.9. The van der Waals surface area contributed by atoms with E-state index in [4.69, 9.17) is 4.74 Å². The Balaban J connectivity index is 1.95. The number of methoxy groups -OCH3 is 1. The van der Waals surface area contributed by atoms with Crippen molar-refractivity contribution >= 4 is 23.7 Å². The summed E-state index contributed by atoms with van der Waals surface area (Å²) < 4.78 is 8.51. The highest BCUT2D eigenvalue weighted by Crippen LogP contribution is 2.34. The van der Waals surface area contributed by atoms with Gasteiger partial charge < -0.3 is 9.64 Å². The summed E-state index contributed by atoms with van der Waals surface area (Å²) in [4.78, 5) is 28.5. The zero-order valence-electron chi connectivity index (χ0n) is 15.9. The van der Waals surface area contributed by atoms with Gasteiger partial charge in [-0.05, 0) is 38.1 Å². The minimum atomic E-state index is -0.611. The van der Waals surface area contributed by atoms with Crippen molar-refractivity contribution in [3.8, 4) is 17.1 Å². The number of anilines is 1. The molecule has 0 radical (unpaired) electrons. The first kappa shape index (κ1) is 17.2. The average molecular weight is 369 g/mol. The van der Waals surface area contributed by atoms with Crippen LogP contribution >= 0.6 is 0 Å². The molecule has 1 aromatic heterocycles. The van der Waals surface area contributed by atoms with E-state index < -0.39 is 6.04 Å². The molecule has 1 unspecified atom stereocenters. The minimum Gasteiger partial charge on any atom is -0.497 e. The highest BCUT2D eigenvalue weighted by molar-refractivity contribution is 6.19. The Kier molecular flexibility index (Phi) is 3.76. The van der Waals surface area contributed by atoms with Crippen LogP contribution < -0.4 is 9.64 Å². The summed E-state index contributed by atoms with van der Waals surface area (Å²) in [5.41, 5.74) is 0.818. The molecule has 1 aromatic carbocycles. The average Bonchev–Trinajstić information content (AvgIpc) is 3.22. The summed E-state index contributed by atoms with van der Waals surface area (Å²) in [6.45, 7) is 3.97. The van der Waals surface area contributed by atoms with E-state index in [1.807, 2.05) is 43.0 Å². The number of hydrogen-bond acceptors (Lipinski definition) is 6. The molecule has 2 aromatic rings. The van der Waals surface area contributed by atoms with Crippen LogP contribution in [0.5, 0.6) is 5.75 Å². The van der Waals surface area contributed by atoms with Crippen molar-refractivity contribution in [1.29, 1.82) is 0 Å². The summed E-state index contributed by atoms with van der Waals surface area (Å²) in [5.74, 6) is 2.15. The fourth-order valence-electron chi connectivity index (χ4n) is 3.64. The molecule has 4 rings (SSSR count). The van der Waals surface area contributed by atoms with E-state index in [1.165, 1.54) is 11.6 Å². The van der Waals surface area contributed by atoms with Gasteiger partial charge in [-0.3, -0.25) is 4.79 Å². The van der Waals surface area contributed by atoms with Crippen LogP contribution in [0.25, 0.3) is 11.4 Å². The van der Waals surface area contributed by atoms with Crippen LogP contribution in [0, 0.1) is 0 Å². The van der Waals surface area contributed by atoms with Crippen LogP contribution in [0.4, 0.5) is 10.7 Å². The standard InChI is InChI=1S/C18H21N6O3/c1-10(2)23-13-15(21(3)18(26)22(4)16(13)25)24-14(19-20-17(23)24)11-6-8-12(27-5)9-7-11/h6-10,13H,1-5H3/q+1. The van der Waals surface area contributed by atoms with E-state index in [0.29, 0.717) is 17.6 Å². The molecule has 0 saturated carbocycles. The van der Waals surface area contributed by atoms with Gasteiger partial charge in [0, 0.05) is 11.6 Å². The number of amides is 3. The summed E-state index contributed by atoms with van der Waals surface area (Å²) in [6.07, 6.45) is 0. The van der Waals surface area contributed by atoms with E-state index in [0.717, 1.165) is 16.2 Å². The smallest absolute Gasteiger partial charge is 0.445 e. The van der Waals surface area contributed by atoms with E-state index in [-0.39, 0.29) is 18.0 Å². The number of nitrogens with zero attached hydrogens (tertiary/aromatic N) is 6. The molecule has 0 fully saturated rings. The molecule has 9 heteroatoms. The van der Waals surface area contributed by atoms with Crippen LogP contribution in [0.3, 0.4) is 0 Å². The molecule has 0 N–H and O–H groups in total. The summed E-state index contributed by atoms with van der Waals surface area (Å²) >= 11 is 0. The second kappa shape index (κ2) is 5.90. The van der Waals surface area contributed by atoms with Crippen molar-refractivity contribution in [2.24, 2.45) is 0 Å². The van der Waals surface area contributed by atoms with Gasteiger partial charge in [-0.15, -0.1) is 5.10 Å². The fourth-order valence-corrected chi connectivity index (χ4v) is 3.64. The lowest BCUT2D eigenvalue weighted by atomic mass is 10.1. The fraction of sp³-hybridized carbons (Fsp3) is 0.389. The first-order valence-electron chi connectivity index (χ1n) is 8.67. The predicted molar refractivity (Wildman–Crippen MR) is 98.2 cm³/mol. The number of likely N-dealkylation sites (N-methyl/N-ethyl adjacent to an activating group) is 1. The Bertz CT molecular complexity index is 975. The molecule has 0 saturated heterocycles. The molecule has 0 bridgehead atoms. The maximum Gasteiger partial charge on any atom is 0.445 e. The number of carbonyl (C=O) groups excluding carboxylic acids is 2. The molecular weight excluding hydrogens is 348 g/mol. The van der Waals surface area contributed by atoms with Crippen LogP contribution in [-0.2, 0) is 4.79 Å². The third kappa shape index (κ3) is 2.27. The summed E-state index contributed by atoms with van der Waals surface area (Å²) in [6, 6.07) is 6.44. The zero-order valence-corrected chi connectivity index (χ0v) is 15.9. The normalized spacial score (nSPS) is 19.1. The number of imide groups is 1. The molecule has 2 aliphatic rings. The Morgan fingerprint density at radius 3 is 2.41 bits per heavy atom. The van der Waals surface area contributed by atoms with Gasteiger partial charge in [-0.25, -0.2) is 9.37 Å². The molecule has 2 aliphatic heterocycles. The van der Waals surface area contributed by atoms with E-state index in [1.54, 1.807) is 18.7 Å². The van der Waals surface area contributed by atoms with Crippen LogP contribution in [0.2, 0.25) is 0 Å². The monoisotopic (exact) mass is 369 g/mol. The third-order valence-electron chi connectivity index (χ3n) is 5.02. The van der Waals surface area contributed by atoms with Gasteiger partial charge in [0.25, 0.3) is 5.95 Å². The van der Waals surface area contributed by atoms with Gasteiger partial charge in [0.15, 0.2) is 0 Å². The maximum absolute atomic E-state index is 12.9. The number of aromatic nitrogens is 3. The lowest BCUT2D eigenvalue weighted by Crippen LogP contribution is -2.60. The van der Waals surface area contributed by atoms with Crippen molar-refractivity contribution in [3.63, 3.8) is 0 Å². The van der Waals surface area contributed by atoms with Crippen molar-refractivity contribution in [2.75, 3.05) is 26.1 Å². The van der Waals surface area contributed by atoms with Crippen molar-refractivity contribution in [3.05, 3.63) is 24.3 Å². The number of rotatable bonds is 3. The van der Waals surface area contributed by atoms with Crippen LogP contribution in [0.15, 0.2) is 24.3 Å². The first-order valence-corrected chi connectivity index (χ1v) is 8.67. The van der Waals surface area contributed by atoms with Crippen LogP contribution in [-0.4, -0.2) is 75.3 Å². The second-order valence-corrected chi connectivity index (χ2v) is 6.89. The van der Waals surface area contributed by atoms with Gasteiger partial charge in [-0.2, -0.15) is 9.47 Å². The lowest BCUT2D eigenvalue weighted by molar-refractivity contribution is -0.407. The van der Waals surface area contributed by atoms with E-state index in [2.05, 4.69) is 10.2 Å². The summed E-state index contributed by atoms with van der Waals surface area (Å²) in [7, 11) is 4.77. The summed E-state index contributed by atoms with van der Waals surface area (Å²) in [5, 5.41) is 8.68. The van der Waals surface area contributed by atoms with Crippen molar-refractivity contribution < 1.29 is 18.9 Å². The molecule has 1 atom stereocenters. The molecular formula is C18H21N6O3+. The van der Waals surface area contributed by atoms with Gasteiger partial charge in [-0.1, -0.05) is 5.10 Å². The number of urea groups is 1. The quantitative estimate of drug-likeness (QED) is 0.752.